The molecule has 0 aliphatic carbocycles. The van der Waals surface area contributed by atoms with Gasteiger partial charge in [0.2, 0.25) is 0 Å². The zero-order valence-electron chi connectivity index (χ0n) is 11.9. The first kappa shape index (κ1) is 13.6. The minimum absolute atomic E-state index is 0.0117. The lowest BCUT2D eigenvalue weighted by molar-refractivity contribution is 0.282. The van der Waals surface area contributed by atoms with Gasteiger partial charge in [-0.05, 0) is 36.2 Å². The van der Waals surface area contributed by atoms with Crippen LogP contribution in [0, 0.1) is 0 Å². The molecule has 0 atom stereocenters. The van der Waals surface area contributed by atoms with E-state index in [9.17, 15) is 5.11 Å². The number of rotatable bonds is 5. The number of aliphatic hydroxyl groups is 1. The number of aromatic amines is 1. The van der Waals surface area contributed by atoms with Crippen molar-refractivity contribution in [3.63, 3.8) is 0 Å². The number of aliphatic hydroxyl groups excluding tert-OH is 1. The Morgan fingerprint density at radius 2 is 2.19 bits per heavy atom. The van der Waals surface area contributed by atoms with Crippen molar-refractivity contribution < 1.29 is 5.11 Å². The molecule has 0 bridgehead atoms. The SMILES string of the molecule is CCCNc1cc(-c2cc(CO)ccn2)c2cc[nH]c2n1. The van der Waals surface area contributed by atoms with Crippen molar-refractivity contribution in [3.05, 3.63) is 42.2 Å². The third kappa shape index (κ3) is 2.73. The molecule has 0 amide bonds. The maximum absolute atomic E-state index is 9.29. The molecule has 5 heteroatoms. The molecule has 3 heterocycles. The van der Waals surface area contributed by atoms with Crippen molar-refractivity contribution in [2.45, 2.75) is 20.0 Å². The minimum Gasteiger partial charge on any atom is -0.392 e. The van der Waals surface area contributed by atoms with Crippen molar-refractivity contribution in [2.75, 3.05) is 11.9 Å². The maximum Gasteiger partial charge on any atom is 0.140 e. The lowest BCUT2D eigenvalue weighted by atomic mass is 10.1. The molecule has 0 radical (unpaired) electrons. The number of nitrogens with zero attached hydrogens (tertiary/aromatic N) is 2. The van der Waals surface area contributed by atoms with Gasteiger partial charge in [0.25, 0.3) is 0 Å². The van der Waals surface area contributed by atoms with Crippen LogP contribution in [0.15, 0.2) is 36.7 Å². The molecule has 0 unspecified atom stereocenters. The summed E-state index contributed by atoms with van der Waals surface area (Å²) in [5, 5.41) is 13.6. The summed E-state index contributed by atoms with van der Waals surface area (Å²) in [5.74, 6) is 0.831. The fourth-order valence-corrected chi connectivity index (χ4v) is 2.31. The quantitative estimate of drug-likeness (QED) is 0.672. The van der Waals surface area contributed by atoms with Gasteiger partial charge in [-0.15, -0.1) is 0 Å². The molecule has 0 aliphatic heterocycles. The highest BCUT2D eigenvalue weighted by atomic mass is 16.3. The zero-order valence-corrected chi connectivity index (χ0v) is 11.9. The number of nitrogens with one attached hydrogen (secondary N) is 2. The van der Waals surface area contributed by atoms with Crippen LogP contribution >= 0.6 is 0 Å². The molecular formula is C16H18N4O. The van der Waals surface area contributed by atoms with Crippen LogP contribution in [0.2, 0.25) is 0 Å². The largest absolute Gasteiger partial charge is 0.392 e. The van der Waals surface area contributed by atoms with Crippen molar-refractivity contribution >= 4 is 16.9 Å². The molecular weight excluding hydrogens is 264 g/mol. The summed E-state index contributed by atoms with van der Waals surface area (Å²) in [6.45, 7) is 3.01. The monoisotopic (exact) mass is 282 g/mol. The number of H-pyrrole nitrogens is 1. The molecule has 0 saturated heterocycles. The Bertz CT molecular complexity index is 751. The van der Waals surface area contributed by atoms with Crippen LogP contribution in [-0.2, 0) is 6.61 Å². The van der Waals surface area contributed by atoms with E-state index in [0.29, 0.717) is 0 Å². The first-order valence-corrected chi connectivity index (χ1v) is 7.10. The van der Waals surface area contributed by atoms with Crippen LogP contribution in [0.1, 0.15) is 18.9 Å². The van der Waals surface area contributed by atoms with Crippen molar-refractivity contribution in [1.82, 2.24) is 15.0 Å². The van der Waals surface area contributed by atoms with Crippen molar-refractivity contribution in [2.24, 2.45) is 0 Å². The van der Waals surface area contributed by atoms with E-state index in [1.54, 1.807) is 6.20 Å². The number of pyridine rings is 2. The molecule has 3 aromatic heterocycles. The molecule has 0 spiro atoms. The van der Waals surface area contributed by atoms with Gasteiger partial charge < -0.3 is 15.4 Å². The van der Waals surface area contributed by atoms with Gasteiger partial charge >= 0.3 is 0 Å². The molecule has 0 aliphatic rings. The van der Waals surface area contributed by atoms with Gasteiger partial charge in [-0.2, -0.15) is 0 Å². The summed E-state index contributed by atoms with van der Waals surface area (Å²) in [5.41, 5.74) is 3.54. The van der Waals surface area contributed by atoms with Gasteiger partial charge in [-0.1, -0.05) is 6.92 Å². The molecule has 0 fully saturated rings. The molecule has 3 aromatic rings. The van der Waals surface area contributed by atoms with Gasteiger partial charge in [0.05, 0.1) is 12.3 Å². The van der Waals surface area contributed by atoms with E-state index in [1.807, 2.05) is 30.5 Å². The van der Waals surface area contributed by atoms with Crippen LogP contribution in [-0.4, -0.2) is 26.6 Å². The Balaban J connectivity index is 2.12. The molecule has 3 rings (SSSR count). The zero-order chi connectivity index (χ0) is 14.7. The summed E-state index contributed by atoms with van der Waals surface area (Å²) in [6.07, 6.45) is 4.64. The van der Waals surface area contributed by atoms with E-state index in [0.717, 1.165) is 46.6 Å². The Labute approximate surface area is 123 Å². The van der Waals surface area contributed by atoms with E-state index >= 15 is 0 Å². The topological polar surface area (TPSA) is 73.8 Å². The van der Waals surface area contributed by atoms with E-state index < -0.39 is 0 Å². The molecule has 5 nitrogen and oxygen atoms in total. The predicted octanol–water partition coefficient (Wildman–Crippen LogP) is 2.94. The summed E-state index contributed by atoms with van der Waals surface area (Å²) >= 11 is 0. The second kappa shape index (κ2) is 5.93. The highest BCUT2D eigenvalue weighted by Crippen LogP contribution is 2.29. The summed E-state index contributed by atoms with van der Waals surface area (Å²) in [6, 6.07) is 7.73. The first-order chi connectivity index (χ1) is 10.3. The summed E-state index contributed by atoms with van der Waals surface area (Å²) < 4.78 is 0. The van der Waals surface area contributed by atoms with Gasteiger partial charge in [-0.3, -0.25) is 4.98 Å². The van der Waals surface area contributed by atoms with Crippen LogP contribution in [0.3, 0.4) is 0 Å². The standard InChI is InChI=1S/C16H18N4O/c1-2-5-18-15-9-13(12-4-7-19-16(12)20-15)14-8-11(10-21)3-6-17-14/h3-4,6-9,21H,2,5,10H2,1H3,(H2,18,19,20). The van der Waals surface area contributed by atoms with Gasteiger partial charge in [0.15, 0.2) is 0 Å². The first-order valence-electron chi connectivity index (χ1n) is 7.10. The number of anilines is 1. The van der Waals surface area contributed by atoms with E-state index in [-0.39, 0.29) is 6.61 Å². The smallest absolute Gasteiger partial charge is 0.140 e. The number of aromatic nitrogens is 3. The molecule has 0 aromatic carbocycles. The van der Waals surface area contributed by atoms with Gasteiger partial charge in [0.1, 0.15) is 11.5 Å². The highest BCUT2D eigenvalue weighted by Gasteiger charge is 2.10. The lowest BCUT2D eigenvalue weighted by Crippen LogP contribution is -2.02. The Kier molecular flexibility index (Phi) is 3.83. The highest BCUT2D eigenvalue weighted by molar-refractivity contribution is 5.93. The molecule has 108 valence electrons. The maximum atomic E-state index is 9.29. The number of hydrogen-bond acceptors (Lipinski definition) is 4. The predicted molar refractivity (Wildman–Crippen MR) is 84.0 cm³/mol. The fourth-order valence-electron chi connectivity index (χ4n) is 2.31. The summed E-state index contributed by atoms with van der Waals surface area (Å²) in [4.78, 5) is 12.1. The fraction of sp³-hybridized carbons (Fsp3) is 0.250. The lowest BCUT2D eigenvalue weighted by Gasteiger charge is -2.09. The molecule has 0 saturated carbocycles. The normalized spacial score (nSPS) is 11.0. The minimum atomic E-state index is 0.0117. The van der Waals surface area contributed by atoms with Gasteiger partial charge in [-0.25, -0.2) is 4.98 Å². The Morgan fingerprint density at radius 3 is 3.00 bits per heavy atom. The van der Waals surface area contributed by atoms with Crippen LogP contribution < -0.4 is 5.32 Å². The Hall–Kier alpha value is -2.40. The van der Waals surface area contributed by atoms with Crippen LogP contribution in [0.5, 0.6) is 0 Å². The average Bonchev–Trinajstić information content (AvgIpc) is 3.00. The van der Waals surface area contributed by atoms with E-state index in [1.165, 1.54) is 0 Å². The Morgan fingerprint density at radius 1 is 1.29 bits per heavy atom. The molecule has 21 heavy (non-hydrogen) atoms. The van der Waals surface area contributed by atoms with Crippen LogP contribution in [0.4, 0.5) is 5.82 Å². The van der Waals surface area contributed by atoms with Crippen molar-refractivity contribution in [3.8, 4) is 11.3 Å². The third-order valence-corrected chi connectivity index (χ3v) is 3.37. The van der Waals surface area contributed by atoms with Crippen molar-refractivity contribution in [1.29, 1.82) is 0 Å². The van der Waals surface area contributed by atoms with Crippen LogP contribution in [0.25, 0.3) is 22.3 Å². The van der Waals surface area contributed by atoms with E-state index in [4.69, 9.17) is 0 Å². The van der Waals surface area contributed by atoms with Gasteiger partial charge in [0, 0.05) is 29.9 Å². The second-order valence-corrected chi connectivity index (χ2v) is 4.93. The molecule has 3 N–H and O–H groups in total. The second-order valence-electron chi connectivity index (χ2n) is 4.93. The van der Waals surface area contributed by atoms with E-state index in [2.05, 4.69) is 27.2 Å². The average molecular weight is 282 g/mol. The number of fused-ring (bicyclic) bond motifs is 1. The summed E-state index contributed by atoms with van der Waals surface area (Å²) in [7, 11) is 0. The number of hydrogen-bond donors (Lipinski definition) is 3. The third-order valence-electron chi connectivity index (χ3n) is 3.37.